The number of esters is 2. The average Bonchev–Trinajstić information content (AvgIpc) is 3.58. The second-order valence-electron chi connectivity index (χ2n) is 10.1. The van der Waals surface area contributed by atoms with Crippen LogP contribution in [0.5, 0.6) is 11.9 Å². The molecule has 3 rings (SSSR count). The first-order valence-corrected chi connectivity index (χ1v) is 14.3. The highest BCUT2D eigenvalue weighted by atomic mass is 16.6. The number of methoxy groups -OCH3 is 4. The topological polar surface area (TPSA) is 118 Å². The summed E-state index contributed by atoms with van der Waals surface area (Å²) >= 11 is 0. The summed E-state index contributed by atoms with van der Waals surface area (Å²) in [4.78, 5) is 41.8. The zero-order valence-electron chi connectivity index (χ0n) is 26.3. The molecule has 3 aromatic rings. The van der Waals surface area contributed by atoms with Crippen LogP contribution < -0.4 is 9.47 Å². The van der Waals surface area contributed by atoms with Gasteiger partial charge in [0.15, 0.2) is 0 Å². The summed E-state index contributed by atoms with van der Waals surface area (Å²) in [6.07, 6.45) is 3.93. The predicted octanol–water partition coefficient (Wildman–Crippen LogP) is 6.20. The first kappa shape index (κ1) is 33.0. The van der Waals surface area contributed by atoms with Gasteiger partial charge in [-0.05, 0) is 31.2 Å². The Morgan fingerprint density at radius 3 is 1.60 bits per heavy atom. The quantitative estimate of drug-likeness (QED) is 0.159. The van der Waals surface area contributed by atoms with Crippen LogP contribution >= 0.6 is 0 Å². The lowest BCUT2D eigenvalue weighted by Crippen LogP contribution is -2.24. The van der Waals surface area contributed by atoms with E-state index in [1.54, 1.807) is 14.1 Å². The van der Waals surface area contributed by atoms with E-state index in [0.717, 1.165) is 19.3 Å². The summed E-state index contributed by atoms with van der Waals surface area (Å²) in [5.74, 6) is -1.37. The Balaban J connectivity index is 2.65. The zero-order valence-corrected chi connectivity index (χ0v) is 26.3. The fourth-order valence-electron chi connectivity index (χ4n) is 4.91. The average molecular weight is 596 g/mol. The Morgan fingerprint density at radius 1 is 0.721 bits per heavy atom. The van der Waals surface area contributed by atoms with Crippen molar-refractivity contribution in [2.24, 2.45) is 0 Å². The maximum atomic E-state index is 14.3. The van der Waals surface area contributed by atoms with Gasteiger partial charge in [-0.1, -0.05) is 57.0 Å². The molecule has 0 aliphatic carbocycles. The number of likely N-dealkylation sites (N-methyl/N-ethyl adjacent to an activating group) is 1. The van der Waals surface area contributed by atoms with Gasteiger partial charge in [0, 0.05) is 30.8 Å². The van der Waals surface area contributed by atoms with Crippen molar-refractivity contribution in [1.29, 1.82) is 0 Å². The van der Waals surface area contributed by atoms with Crippen molar-refractivity contribution in [3.05, 3.63) is 69.7 Å². The number of rotatable bonds is 14. The van der Waals surface area contributed by atoms with Crippen molar-refractivity contribution in [1.82, 2.24) is 4.90 Å². The molecular formula is C33H41NO9. The molecule has 0 aliphatic heterocycles. The molecule has 10 heteroatoms. The molecule has 0 atom stereocenters. The van der Waals surface area contributed by atoms with Gasteiger partial charge in [-0.15, -0.1) is 0 Å². The molecule has 1 amide bonds. The largest absolute Gasteiger partial charge is 0.468 e. The summed E-state index contributed by atoms with van der Waals surface area (Å²) in [6.45, 7) is 4.06. The van der Waals surface area contributed by atoms with E-state index in [1.807, 2.05) is 44.2 Å². The Morgan fingerprint density at radius 2 is 1.19 bits per heavy atom. The number of unbranched alkanes of at least 4 members (excludes halogenated alkanes) is 2. The fraction of sp³-hybridized carbons (Fsp3) is 0.424. The summed E-state index contributed by atoms with van der Waals surface area (Å²) < 4.78 is 33.7. The Bertz CT molecular complexity index is 1460. The van der Waals surface area contributed by atoms with Crippen molar-refractivity contribution in [2.75, 3.05) is 42.5 Å². The van der Waals surface area contributed by atoms with E-state index < -0.39 is 17.8 Å². The molecule has 10 nitrogen and oxygen atoms in total. The second-order valence-corrected chi connectivity index (χ2v) is 10.1. The number of furan rings is 2. The third-order valence-electron chi connectivity index (χ3n) is 7.05. The number of ether oxygens (including phenoxy) is 4. The summed E-state index contributed by atoms with van der Waals surface area (Å²) in [5, 5.41) is 0. The highest BCUT2D eigenvalue weighted by Crippen LogP contribution is 2.44. The van der Waals surface area contributed by atoms with Gasteiger partial charge in [0.05, 0.1) is 34.0 Å². The van der Waals surface area contributed by atoms with Crippen molar-refractivity contribution < 1.29 is 42.2 Å². The maximum absolute atomic E-state index is 14.3. The van der Waals surface area contributed by atoms with Gasteiger partial charge in [-0.3, -0.25) is 4.79 Å². The Labute approximate surface area is 252 Å². The molecule has 2 heterocycles. The van der Waals surface area contributed by atoms with Gasteiger partial charge < -0.3 is 32.7 Å². The minimum absolute atomic E-state index is 0.0310. The van der Waals surface area contributed by atoms with Gasteiger partial charge in [0.1, 0.15) is 22.6 Å². The van der Waals surface area contributed by atoms with E-state index in [-0.39, 0.29) is 40.1 Å². The number of amides is 1. The molecule has 0 saturated heterocycles. The highest BCUT2D eigenvalue weighted by molar-refractivity contribution is 6.28. The number of nitrogens with zero attached hydrogens (tertiary/aromatic N) is 1. The van der Waals surface area contributed by atoms with Crippen LogP contribution in [0.15, 0.2) is 39.2 Å². The molecule has 0 spiro atoms. The number of carbonyl (C=O) groups excluding carboxylic acids is 3. The van der Waals surface area contributed by atoms with E-state index in [1.165, 1.54) is 33.3 Å². The lowest BCUT2D eigenvalue weighted by atomic mass is 9.89. The molecule has 232 valence electrons. The zero-order chi connectivity index (χ0) is 31.7. The first-order valence-electron chi connectivity index (χ1n) is 14.3. The third kappa shape index (κ3) is 6.79. The molecule has 43 heavy (non-hydrogen) atoms. The van der Waals surface area contributed by atoms with E-state index >= 15 is 0 Å². The molecule has 0 bridgehead atoms. The van der Waals surface area contributed by atoms with Crippen molar-refractivity contribution in [3.63, 3.8) is 0 Å². The molecule has 0 radical (unpaired) electrons. The number of hydrogen-bond donors (Lipinski definition) is 0. The van der Waals surface area contributed by atoms with Crippen LogP contribution in [-0.2, 0) is 27.1 Å². The van der Waals surface area contributed by atoms with Crippen LogP contribution in [0, 0.1) is 0 Å². The lowest BCUT2D eigenvalue weighted by molar-refractivity contribution is -0.122. The predicted molar refractivity (Wildman–Crippen MR) is 161 cm³/mol. The van der Waals surface area contributed by atoms with Crippen LogP contribution in [0.4, 0.5) is 0 Å². The summed E-state index contributed by atoms with van der Waals surface area (Å²) in [7, 11) is 8.60. The fourth-order valence-corrected chi connectivity index (χ4v) is 4.91. The number of carbonyl (C=O) groups is 3. The molecule has 2 aromatic heterocycles. The summed E-state index contributed by atoms with van der Waals surface area (Å²) in [5.41, 5.74) is 2.39. The van der Waals surface area contributed by atoms with E-state index in [9.17, 15) is 14.4 Å². The van der Waals surface area contributed by atoms with Gasteiger partial charge >= 0.3 is 11.9 Å². The van der Waals surface area contributed by atoms with Gasteiger partial charge in [0.2, 0.25) is 0 Å². The van der Waals surface area contributed by atoms with Crippen LogP contribution in [0.3, 0.4) is 0 Å². The monoisotopic (exact) mass is 595 g/mol. The molecule has 0 N–H and O–H groups in total. The number of benzene rings is 1. The van der Waals surface area contributed by atoms with Gasteiger partial charge in [-0.25, -0.2) is 9.59 Å². The first-order chi connectivity index (χ1) is 20.7. The van der Waals surface area contributed by atoms with E-state index in [0.29, 0.717) is 41.5 Å². The molecule has 0 saturated carbocycles. The molecule has 0 fully saturated rings. The van der Waals surface area contributed by atoms with Crippen LogP contribution in [-0.4, -0.2) is 65.3 Å². The van der Waals surface area contributed by atoms with E-state index in [4.69, 9.17) is 27.8 Å². The van der Waals surface area contributed by atoms with Crippen molar-refractivity contribution >= 4 is 29.0 Å². The van der Waals surface area contributed by atoms with E-state index in [2.05, 4.69) is 0 Å². The van der Waals surface area contributed by atoms with Crippen molar-refractivity contribution in [3.8, 4) is 11.9 Å². The molecular weight excluding hydrogens is 554 g/mol. The minimum Gasteiger partial charge on any atom is -0.468 e. The SMILES string of the molecule is CCCCc1c(/C(C(=O)N(C)C)=C(/c2ccccc2)c2oc(OC)c(C(=O)OC)c2CCCC)oc(OC)c1C(=O)OC. The number of hydrogen-bond acceptors (Lipinski definition) is 9. The van der Waals surface area contributed by atoms with Crippen molar-refractivity contribution in [2.45, 2.75) is 52.4 Å². The summed E-state index contributed by atoms with van der Waals surface area (Å²) in [6, 6.07) is 9.19. The maximum Gasteiger partial charge on any atom is 0.345 e. The Hall–Kier alpha value is -4.47. The third-order valence-corrected chi connectivity index (χ3v) is 7.05. The van der Waals surface area contributed by atoms with Crippen LogP contribution in [0.1, 0.15) is 88.5 Å². The molecule has 1 aromatic carbocycles. The normalized spacial score (nSPS) is 11.5. The molecule has 0 unspecified atom stereocenters. The van der Waals surface area contributed by atoms with Crippen LogP contribution in [0.25, 0.3) is 11.1 Å². The second kappa shape index (κ2) is 15.1. The van der Waals surface area contributed by atoms with Gasteiger partial charge in [-0.2, -0.15) is 0 Å². The Kier molecular flexibility index (Phi) is 11.6. The molecule has 0 aliphatic rings. The smallest absolute Gasteiger partial charge is 0.345 e. The van der Waals surface area contributed by atoms with Crippen LogP contribution in [0.2, 0.25) is 0 Å². The highest BCUT2D eigenvalue weighted by Gasteiger charge is 2.37. The lowest BCUT2D eigenvalue weighted by Gasteiger charge is -2.19. The standard InChI is InChI=1S/C33H41NO9/c1-9-11-18-21-24(30(36)38-5)32(40-7)42-27(21)23(20-16-14-13-15-17-20)26(29(35)34(3)4)28-22(19-12-10-2)25(31(37)39-6)33(41-8)43-28/h13-17H,9-12,18-19H2,1-8H3/b26-23+. The van der Waals surface area contributed by atoms with Gasteiger partial charge in [0.25, 0.3) is 17.8 Å². The minimum atomic E-state index is -0.646.